The van der Waals surface area contributed by atoms with Gasteiger partial charge in [-0.05, 0) is 31.0 Å². The highest BCUT2D eigenvalue weighted by molar-refractivity contribution is 6.00. The zero-order valence-corrected chi connectivity index (χ0v) is 14.8. The van der Waals surface area contributed by atoms with Crippen LogP contribution in [0.5, 0.6) is 0 Å². The number of carboxylic acids is 1. The lowest BCUT2D eigenvalue weighted by atomic mass is 9.94. The average molecular weight is 345 g/mol. The van der Waals surface area contributed by atoms with Crippen LogP contribution in [0.4, 0.5) is 11.4 Å². The number of amides is 1. The van der Waals surface area contributed by atoms with Crippen molar-refractivity contribution in [3.8, 4) is 0 Å². The summed E-state index contributed by atoms with van der Waals surface area (Å²) in [5.41, 5.74) is 1.40. The van der Waals surface area contributed by atoms with E-state index in [-0.39, 0.29) is 11.5 Å². The Labute approximate surface area is 148 Å². The van der Waals surface area contributed by atoms with Crippen LogP contribution in [0.25, 0.3) is 0 Å². The quantitative estimate of drug-likeness (QED) is 0.878. The van der Waals surface area contributed by atoms with Crippen LogP contribution in [0.3, 0.4) is 0 Å². The van der Waals surface area contributed by atoms with Gasteiger partial charge in [-0.1, -0.05) is 19.3 Å². The third-order valence-electron chi connectivity index (χ3n) is 5.31. The Kier molecular flexibility index (Phi) is 5.58. The van der Waals surface area contributed by atoms with Crippen LogP contribution < -0.4 is 10.2 Å². The van der Waals surface area contributed by atoms with E-state index in [1.54, 1.807) is 12.1 Å². The first-order valence-electron chi connectivity index (χ1n) is 9.18. The molecule has 1 aromatic carbocycles. The molecule has 136 valence electrons. The van der Waals surface area contributed by atoms with Crippen molar-refractivity contribution in [3.63, 3.8) is 0 Å². The molecule has 1 saturated carbocycles. The van der Waals surface area contributed by atoms with Gasteiger partial charge >= 0.3 is 5.97 Å². The molecule has 3 rings (SSSR count). The molecule has 0 atom stereocenters. The number of anilines is 2. The highest BCUT2D eigenvalue weighted by Gasteiger charge is 2.25. The van der Waals surface area contributed by atoms with Crippen molar-refractivity contribution in [1.82, 2.24) is 4.90 Å². The minimum Gasteiger partial charge on any atom is -0.478 e. The maximum absolute atomic E-state index is 11.5. The maximum Gasteiger partial charge on any atom is 0.337 e. The van der Waals surface area contributed by atoms with Crippen molar-refractivity contribution in [2.45, 2.75) is 45.1 Å². The molecule has 0 unspecified atom stereocenters. The minimum atomic E-state index is -1.02. The zero-order chi connectivity index (χ0) is 17.8. The van der Waals surface area contributed by atoms with E-state index < -0.39 is 5.97 Å². The third kappa shape index (κ3) is 4.31. The number of benzene rings is 1. The topological polar surface area (TPSA) is 72.9 Å². The first-order chi connectivity index (χ1) is 12.0. The average Bonchev–Trinajstić information content (AvgIpc) is 2.62. The fraction of sp³-hybridized carbons (Fsp3) is 0.579. The van der Waals surface area contributed by atoms with Gasteiger partial charge < -0.3 is 15.3 Å². The maximum atomic E-state index is 11.5. The lowest BCUT2D eigenvalue weighted by Gasteiger charge is -2.41. The number of hydrogen-bond acceptors (Lipinski definition) is 4. The summed E-state index contributed by atoms with van der Waals surface area (Å²) < 4.78 is 0. The molecule has 2 aliphatic rings. The van der Waals surface area contributed by atoms with Gasteiger partial charge in [-0.15, -0.1) is 0 Å². The predicted molar refractivity (Wildman–Crippen MR) is 98.4 cm³/mol. The molecule has 1 heterocycles. The van der Waals surface area contributed by atoms with Crippen molar-refractivity contribution in [2.75, 3.05) is 36.4 Å². The second-order valence-corrected chi connectivity index (χ2v) is 7.03. The summed E-state index contributed by atoms with van der Waals surface area (Å²) in [5.74, 6) is -1.29. The molecule has 0 aromatic heterocycles. The zero-order valence-electron chi connectivity index (χ0n) is 14.8. The van der Waals surface area contributed by atoms with Gasteiger partial charge in [0.05, 0.1) is 11.3 Å². The molecule has 2 fully saturated rings. The molecule has 6 heteroatoms. The summed E-state index contributed by atoms with van der Waals surface area (Å²) in [6, 6.07) is 5.98. The van der Waals surface area contributed by atoms with Crippen LogP contribution >= 0.6 is 0 Å². The fourth-order valence-electron chi connectivity index (χ4n) is 4.00. The predicted octanol–water partition coefficient (Wildman–Crippen LogP) is 2.80. The Morgan fingerprint density at radius 2 is 1.76 bits per heavy atom. The van der Waals surface area contributed by atoms with Crippen molar-refractivity contribution in [1.29, 1.82) is 0 Å². The molecule has 1 aromatic rings. The Hall–Kier alpha value is -2.08. The lowest BCUT2D eigenvalue weighted by Crippen LogP contribution is -2.50. The number of carbonyl (C=O) groups excluding carboxylic acids is 1. The van der Waals surface area contributed by atoms with Gasteiger partial charge in [-0.3, -0.25) is 9.69 Å². The molecule has 25 heavy (non-hydrogen) atoms. The van der Waals surface area contributed by atoms with E-state index in [0.29, 0.717) is 5.69 Å². The van der Waals surface area contributed by atoms with Crippen LogP contribution in [0, 0.1) is 0 Å². The standard InChI is InChI=1S/C19H27N3O3/c1-14(23)20-18-8-7-16(13-17(18)19(24)25)22-11-9-21(10-12-22)15-5-3-2-4-6-15/h7-8,13,15H,2-6,9-12H2,1H3,(H,20,23)(H,24,25). The first kappa shape index (κ1) is 17.7. The van der Waals surface area contributed by atoms with Gasteiger partial charge in [0.15, 0.2) is 0 Å². The van der Waals surface area contributed by atoms with Gasteiger partial charge in [0, 0.05) is 44.8 Å². The van der Waals surface area contributed by atoms with Gasteiger partial charge in [-0.2, -0.15) is 0 Å². The number of rotatable bonds is 4. The van der Waals surface area contributed by atoms with E-state index in [2.05, 4.69) is 15.1 Å². The number of piperazine rings is 1. The summed E-state index contributed by atoms with van der Waals surface area (Å²) in [6.45, 7) is 5.26. The molecule has 0 radical (unpaired) electrons. The Morgan fingerprint density at radius 3 is 2.36 bits per heavy atom. The van der Waals surface area contributed by atoms with Crippen LogP contribution in [0.2, 0.25) is 0 Å². The highest BCUT2D eigenvalue weighted by atomic mass is 16.4. The second-order valence-electron chi connectivity index (χ2n) is 7.03. The van der Waals surface area contributed by atoms with Crippen LogP contribution in [0.1, 0.15) is 49.4 Å². The van der Waals surface area contributed by atoms with Crippen molar-refractivity contribution in [3.05, 3.63) is 23.8 Å². The number of nitrogens with zero attached hydrogens (tertiary/aromatic N) is 2. The first-order valence-corrected chi connectivity index (χ1v) is 9.18. The van der Waals surface area contributed by atoms with E-state index in [1.807, 2.05) is 6.07 Å². The van der Waals surface area contributed by atoms with Gasteiger partial charge in [0.2, 0.25) is 5.91 Å². The molecule has 2 N–H and O–H groups in total. The molecule has 1 aliphatic heterocycles. The Balaban J connectivity index is 1.67. The van der Waals surface area contributed by atoms with Crippen LogP contribution in [-0.4, -0.2) is 54.1 Å². The summed E-state index contributed by atoms with van der Waals surface area (Å²) in [5, 5.41) is 12.0. The van der Waals surface area contributed by atoms with Crippen molar-refractivity contribution >= 4 is 23.3 Å². The summed E-state index contributed by atoms with van der Waals surface area (Å²) in [6.07, 6.45) is 6.69. The van der Waals surface area contributed by atoms with E-state index in [1.165, 1.54) is 39.0 Å². The van der Waals surface area contributed by atoms with E-state index in [0.717, 1.165) is 37.9 Å². The normalized spacial score (nSPS) is 19.6. The lowest BCUT2D eigenvalue weighted by molar-refractivity contribution is -0.114. The fourth-order valence-corrected chi connectivity index (χ4v) is 4.00. The third-order valence-corrected chi connectivity index (χ3v) is 5.31. The second kappa shape index (κ2) is 7.87. The van der Waals surface area contributed by atoms with Gasteiger partial charge in [-0.25, -0.2) is 4.79 Å². The van der Waals surface area contributed by atoms with Crippen molar-refractivity contribution in [2.24, 2.45) is 0 Å². The van der Waals surface area contributed by atoms with Gasteiger partial charge in [0.25, 0.3) is 0 Å². The number of hydrogen-bond donors (Lipinski definition) is 2. The smallest absolute Gasteiger partial charge is 0.337 e. The summed E-state index contributed by atoms with van der Waals surface area (Å²) in [4.78, 5) is 27.6. The summed E-state index contributed by atoms with van der Waals surface area (Å²) >= 11 is 0. The number of nitrogens with one attached hydrogen (secondary N) is 1. The van der Waals surface area contributed by atoms with Gasteiger partial charge in [0.1, 0.15) is 0 Å². The Morgan fingerprint density at radius 1 is 1.08 bits per heavy atom. The molecular formula is C19H27N3O3. The van der Waals surface area contributed by atoms with Crippen LogP contribution in [-0.2, 0) is 4.79 Å². The highest BCUT2D eigenvalue weighted by Crippen LogP contribution is 2.27. The van der Waals surface area contributed by atoms with E-state index in [4.69, 9.17) is 0 Å². The summed E-state index contributed by atoms with van der Waals surface area (Å²) in [7, 11) is 0. The number of carboxylic acid groups (broad SMARTS) is 1. The Bertz CT molecular complexity index is 633. The molecular weight excluding hydrogens is 318 g/mol. The largest absolute Gasteiger partial charge is 0.478 e. The number of aromatic carboxylic acids is 1. The molecule has 1 amide bonds. The molecule has 0 spiro atoms. The molecule has 1 saturated heterocycles. The van der Waals surface area contributed by atoms with Crippen molar-refractivity contribution < 1.29 is 14.7 Å². The minimum absolute atomic E-state index is 0.141. The van der Waals surface area contributed by atoms with Crippen LogP contribution in [0.15, 0.2) is 18.2 Å². The monoisotopic (exact) mass is 345 g/mol. The molecule has 0 bridgehead atoms. The van der Waals surface area contributed by atoms with E-state index >= 15 is 0 Å². The SMILES string of the molecule is CC(=O)Nc1ccc(N2CCN(C3CCCCC3)CC2)cc1C(=O)O. The molecule has 1 aliphatic carbocycles. The molecule has 6 nitrogen and oxygen atoms in total. The van der Waals surface area contributed by atoms with E-state index in [9.17, 15) is 14.7 Å². The number of carbonyl (C=O) groups is 2.